The van der Waals surface area contributed by atoms with Crippen LogP contribution >= 0.6 is 0 Å². The fourth-order valence-electron chi connectivity index (χ4n) is 3.16. The number of hydrogen-bond donors (Lipinski definition) is 0. The van der Waals surface area contributed by atoms with Crippen molar-refractivity contribution < 1.29 is 47.1 Å². The SMILES string of the molecule is CCCCCCCCCCCC(=O)[O-].CCCCCCCCCCCC(=O)[O-].[Cd+2]. The standard InChI is InChI=1S/2C12H24O2.Cd/c2*1-2-3-4-5-6-7-8-9-10-11-12(13)14;/h2*2-11H2,1H3,(H,13,14);/q;;+2/p-2. The second kappa shape index (κ2) is 30.1. The Morgan fingerprint density at radius 2 is 0.655 bits per heavy atom. The van der Waals surface area contributed by atoms with Crippen LogP contribution in [0.5, 0.6) is 0 Å². The van der Waals surface area contributed by atoms with Crippen LogP contribution in [-0.4, -0.2) is 11.9 Å². The molecule has 0 aliphatic carbocycles. The Balaban J connectivity index is -0.000000451. The van der Waals surface area contributed by atoms with E-state index < -0.39 is 11.9 Å². The van der Waals surface area contributed by atoms with Crippen molar-refractivity contribution in [1.82, 2.24) is 0 Å². The Hall–Kier alpha value is -0.138. The fourth-order valence-corrected chi connectivity index (χ4v) is 3.16. The molecule has 0 bridgehead atoms. The van der Waals surface area contributed by atoms with Crippen molar-refractivity contribution >= 4 is 11.9 Å². The van der Waals surface area contributed by atoms with Gasteiger partial charge < -0.3 is 19.8 Å². The minimum absolute atomic E-state index is 0. The van der Waals surface area contributed by atoms with E-state index in [1.54, 1.807) is 0 Å². The maximum Gasteiger partial charge on any atom is 2.00 e. The second-order valence-corrected chi connectivity index (χ2v) is 7.90. The Morgan fingerprint density at radius 1 is 0.448 bits per heavy atom. The first-order valence-electron chi connectivity index (χ1n) is 11.9. The van der Waals surface area contributed by atoms with E-state index in [1.807, 2.05) is 0 Å². The largest absolute Gasteiger partial charge is 2.00 e. The van der Waals surface area contributed by atoms with Gasteiger partial charge in [0.15, 0.2) is 0 Å². The van der Waals surface area contributed by atoms with Gasteiger partial charge in [-0.2, -0.15) is 0 Å². The van der Waals surface area contributed by atoms with Crippen LogP contribution in [0, 0.1) is 0 Å². The molecule has 0 aromatic rings. The van der Waals surface area contributed by atoms with Crippen molar-refractivity contribution in [2.75, 3.05) is 0 Å². The molecule has 0 fully saturated rings. The van der Waals surface area contributed by atoms with Crippen molar-refractivity contribution in [3.8, 4) is 0 Å². The average Bonchev–Trinajstić information content (AvgIpc) is 2.65. The molecule has 0 aliphatic rings. The zero-order chi connectivity index (χ0) is 21.3. The third-order valence-electron chi connectivity index (χ3n) is 4.97. The number of hydrogen-bond acceptors (Lipinski definition) is 4. The van der Waals surface area contributed by atoms with Crippen molar-refractivity contribution in [2.45, 2.75) is 142 Å². The van der Waals surface area contributed by atoms with E-state index in [-0.39, 0.29) is 40.1 Å². The maximum absolute atomic E-state index is 10.1. The molecule has 0 saturated carbocycles. The zero-order valence-corrected chi connectivity index (χ0v) is 23.5. The molecule has 0 heterocycles. The molecule has 0 aromatic heterocycles. The third kappa shape index (κ3) is 39.0. The smallest absolute Gasteiger partial charge is 0.550 e. The van der Waals surface area contributed by atoms with Gasteiger partial charge >= 0.3 is 27.3 Å². The summed E-state index contributed by atoms with van der Waals surface area (Å²) >= 11 is 0. The Morgan fingerprint density at radius 3 is 0.862 bits per heavy atom. The summed E-state index contributed by atoms with van der Waals surface area (Å²) in [5, 5.41) is 20.2. The molecule has 4 nitrogen and oxygen atoms in total. The molecule has 0 amide bonds. The van der Waals surface area contributed by atoms with Gasteiger partial charge in [0, 0.05) is 11.9 Å². The van der Waals surface area contributed by atoms with Gasteiger partial charge in [0.05, 0.1) is 0 Å². The molecule has 0 spiro atoms. The molecule has 0 N–H and O–H groups in total. The molecule has 0 rings (SSSR count). The summed E-state index contributed by atoms with van der Waals surface area (Å²) < 4.78 is 0. The number of carbonyl (C=O) groups excluding carboxylic acids is 2. The molecular weight excluding hydrogens is 465 g/mol. The van der Waals surface area contributed by atoms with Crippen LogP contribution in [0.15, 0.2) is 0 Å². The number of unbranched alkanes of at least 4 members (excludes halogenated alkanes) is 16. The van der Waals surface area contributed by atoms with E-state index in [2.05, 4.69) is 13.8 Å². The molecule has 0 unspecified atom stereocenters. The van der Waals surface area contributed by atoms with E-state index >= 15 is 0 Å². The second-order valence-electron chi connectivity index (χ2n) is 7.90. The summed E-state index contributed by atoms with van der Waals surface area (Å²) in [4.78, 5) is 20.2. The van der Waals surface area contributed by atoms with Gasteiger partial charge in [0.25, 0.3) is 0 Å². The van der Waals surface area contributed by atoms with Crippen LogP contribution in [0.3, 0.4) is 0 Å². The monoisotopic (exact) mass is 512 g/mol. The first-order chi connectivity index (χ1) is 13.5. The van der Waals surface area contributed by atoms with Crippen molar-refractivity contribution in [2.24, 2.45) is 0 Å². The van der Waals surface area contributed by atoms with Crippen LogP contribution in [0.4, 0.5) is 0 Å². The van der Waals surface area contributed by atoms with Crippen LogP contribution in [0.25, 0.3) is 0 Å². The molecule has 5 heteroatoms. The number of carboxylic acids is 2. The summed E-state index contributed by atoms with van der Waals surface area (Å²) in [6.45, 7) is 4.44. The molecule has 0 saturated heterocycles. The minimum atomic E-state index is -0.909. The van der Waals surface area contributed by atoms with Crippen LogP contribution in [0.1, 0.15) is 142 Å². The minimum Gasteiger partial charge on any atom is -0.550 e. The Bertz CT molecular complexity index is 303. The first-order valence-corrected chi connectivity index (χ1v) is 11.9. The number of carbonyl (C=O) groups is 2. The van der Waals surface area contributed by atoms with Gasteiger partial charge in [-0.1, -0.05) is 117 Å². The molecule has 168 valence electrons. The van der Waals surface area contributed by atoms with E-state index in [0.29, 0.717) is 0 Å². The van der Waals surface area contributed by atoms with E-state index in [0.717, 1.165) is 25.7 Å². The topological polar surface area (TPSA) is 80.3 Å². The number of aliphatic carboxylic acids is 2. The first kappa shape index (κ1) is 33.5. The van der Waals surface area contributed by atoms with Gasteiger partial charge in [0.1, 0.15) is 0 Å². The normalized spacial score (nSPS) is 10.0. The van der Waals surface area contributed by atoms with Crippen molar-refractivity contribution in [3.63, 3.8) is 0 Å². The quantitative estimate of drug-likeness (QED) is 0.164. The summed E-state index contributed by atoms with van der Waals surface area (Å²) in [6, 6.07) is 0. The summed E-state index contributed by atoms with van der Waals surface area (Å²) in [5.41, 5.74) is 0. The van der Waals surface area contributed by atoms with Crippen molar-refractivity contribution in [3.05, 3.63) is 0 Å². The van der Waals surface area contributed by atoms with Gasteiger partial charge in [-0.15, -0.1) is 0 Å². The number of rotatable bonds is 20. The molecule has 0 atom stereocenters. The summed E-state index contributed by atoms with van der Waals surface area (Å²) in [6.07, 6.45) is 22.3. The van der Waals surface area contributed by atoms with Crippen LogP contribution < -0.4 is 10.2 Å². The average molecular weight is 511 g/mol. The summed E-state index contributed by atoms with van der Waals surface area (Å²) in [5.74, 6) is -1.82. The zero-order valence-electron chi connectivity index (χ0n) is 19.5. The molecule has 29 heavy (non-hydrogen) atoms. The Labute approximate surface area is 200 Å². The van der Waals surface area contributed by atoms with E-state index in [1.165, 1.54) is 89.9 Å². The molecule has 0 aliphatic heterocycles. The number of carboxylic acid groups (broad SMARTS) is 2. The molecule has 0 radical (unpaired) electrons. The fraction of sp³-hybridized carbons (Fsp3) is 0.917. The van der Waals surface area contributed by atoms with Crippen LogP contribution in [-0.2, 0) is 36.9 Å². The van der Waals surface area contributed by atoms with Crippen LogP contribution in [0.2, 0.25) is 0 Å². The predicted molar refractivity (Wildman–Crippen MR) is 114 cm³/mol. The maximum atomic E-state index is 10.1. The van der Waals surface area contributed by atoms with Gasteiger partial charge in [-0.25, -0.2) is 0 Å². The summed E-state index contributed by atoms with van der Waals surface area (Å²) in [7, 11) is 0. The third-order valence-corrected chi connectivity index (χ3v) is 4.97. The van der Waals surface area contributed by atoms with Gasteiger partial charge in [0.2, 0.25) is 0 Å². The van der Waals surface area contributed by atoms with E-state index in [9.17, 15) is 19.8 Å². The van der Waals surface area contributed by atoms with Gasteiger partial charge in [-0.05, 0) is 25.7 Å². The van der Waals surface area contributed by atoms with Crippen molar-refractivity contribution in [1.29, 1.82) is 0 Å². The van der Waals surface area contributed by atoms with Gasteiger partial charge in [-0.3, -0.25) is 0 Å². The Kier molecular flexibility index (Phi) is 34.7. The van der Waals surface area contributed by atoms with E-state index in [4.69, 9.17) is 0 Å². The molecule has 0 aromatic carbocycles. The predicted octanol–water partition coefficient (Wildman–Crippen LogP) is 5.31. The molecular formula is C24H46CdO4.